The van der Waals surface area contributed by atoms with E-state index in [4.69, 9.17) is 5.11 Å². The molecular formula is C18H20N2O4S. The van der Waals surface area contributed by atoms with Crippen LogP contribution in [0, 0.1) is 5.92 Å². The van der Waals surface area contributed by atoms with E-state index in [1.165, 1.54) is 10.6 Å². The van der Waals surface area contributed by atoms with Gasteiger partial charge in [-0.05, 0) is 42.5 Å². The molecule has 1 saturated heterocycles. The summed E-state index contributed by atoms with van der Waals surface area (Å²) in [6.45, 7) is 1.15. The summed E-state index contributed by atoms with van der Waals surface area (Å²) in [5.41, 5.74) is 2.97. The van der Waals surface area contributed by atoms with Crippen molar-refractivity contribution in [2.24, 2.45) is 5.92 Å². The Hall–Kier alpha value is -2.25. The molecule has 0 saturated carbocycles. The molecule has 3 rings (SSSR count). The van der Waals surface area contributed by atoms with Crippen molar-refractivity contribution in [3.05, 3.63) is 53.7 Å². The van der Waals surface area contributed by atoms with Gasteiger partial charge in [0, 0.05) is 24.8 Å². The third kappa shape index (κ3) is 4.24. The zero-order valence-electron chi connectivity index (χ0n) is 13.9. The summed E-state index contributed by atoms with van der Waals surface area (Å²) in [6.07, 6.45) is 4.73. The number of aromatic carboxylic acids is 1. The van der Waals surface area contributed by atoms with Crippen molar-refractivity contribution in [3.63, 3.8) is 0 Å². The first-order chi connectivity index (χ1) is 11.8. The van der Waals surface area contributed by atoms with Crippen LogP contribution in [-0.2, 0) is 16.4 Å². The SMILES string of the molecule is CS(=O)(=O)N1CCC(Cc2ccc(-c3ccc(C(=O)O)cc3)nc2)C1. The molecule has 0 spiro atoms. The highest BCUT2D eigenvalue weighted by Crippen LogP contribution is 2.24. The van der Waals surface area contributed by atoms with Crippen molar-refractivity contribution in [1.82, 2.24) is 9.29 Å². The molecule has 0 bridgehead atoms. The molecule has 1 aliphatic heterocycles. The van der Waals surface area contributed by atoms with E-state index in [2.05, 4.69) is 4.98 Å². The molecule has 1 aromatic carbocycles. The molecule has 1 fully saturated rings. The smallest absolute Gasteiger partial charge is 0.335 e. The molecule has 1 aromatic heterocycles. The fourth-order valence-corrected chi connectivity index (χ4v) is 4.02. The van der Waals surface area contributed by atoms with E-state index in [-0.39, 0.29) is 5.56 Å². The molecule has 25 heavy (non-hydrogen) atoms. The second kappa shape index (κ2) is 6.93. The molecule has 1 N–H and O–H groups in total. The van der Waals surface area contributed by atoms with Gasteiger partial charge in [0.05, 0.1) is 17.5 Å². The van der Waals surface area contributed by atoms with Gasteiger partial charge in [0.25, 0.3) is 0 Å². The summed E-state index contributed by atoms with van der Waals surface area (Å²) in [5.74, 6) is -0.633. The van der Waals surface area contributed by atoms with E-state index in [1.807, 2.05) is 18.3 Å². The van der Waals surface area contributed by atoms with Crippen LogP contribution in [0.5, 0.6) is 0 Å². The van der Waals surface area contributed by atoms with Gasteiger partial charge in [0.15, 0.2) is 0 Å². The lowest BCUT2D eigenvalue weighted by Gasteiger charge is -2.13. The standard InChI is InChI=1S/C18H20N2O4S/c1-25(23,24)20-9-8-14(12-20)10-13-2-7-17(19-11-13)15-3-5-16(6-4-15)18(21)22/h2-7,11,14H,8-10,12H2,1H3,(H,21,22). The number of hydrogen-bond acceptors (Lipinski definition) is 4. The first kappa shape index (κ1) is 17.6. The number of hydrogen-bond donors (Lipinski definition) is 1. The van der Waals surface area contributed by atoms with Crippen molar-refractivity contribution in [2.45, 2.75) is 12.8 Å². The fraction of sp³-hybridized carbons (Fsp3) is 0.333. The molecule has 1 unspecified atom stereocenters. The zero-order valence-corrected chi connectivity index (χ0v) is 14.7. The highest BCUT2D eigenvalue weighted by atomic mass is 32.2. The third-order valence-electron chi connectivity index (χ3n) is 4.49. The molecule has 132 valence electrons. The van der Waals surface area contributed by atoms with Crippen LogP contribution in [0.25, 0.3) is 11.3 Å². The summed E-state index contributed by atoms with van der Waals surface area (Å²) in [7, 11) is -3.10. The van der Waals surface area contributed by atoms with Crippen molar-refractivity contribution >= 4 is 16.0 Å². The van der Waals surface area contributed by atoms with Crippen molar-refractivity contribution in [2.75, 3.05) is 19.3 Å². The number of pyridine rings is 1. The lowest BCUT2D eigenvalue weighted by molar-refractivity contribution is 0.0697. The van der Waals surface area contributed by atoms with Crippen LogP contribution in [0.1, 0.15) is 22.3 Å². The van der Waals surface area contributed by atoms with Gasteiger partial charge in [0.2, 0.25) is 10.0 Å². The van der Waals surface area contributed by atoms with Gasteiger partial charge >= 0.3 is 5.97 Å². The first-order valence-corrected chi connectivity index (χ1v) is 9.91. The van der Waals surface area contributed by atoms with Crippen LogP contribution in [0.4, 0.5) is 0 Å². The largest absolute Gasteiger partial charge is 0.478 e. The molecule has 2 aromatic rings. The van der Waals surface area contributed by atoms with Crippen LogP contribution < -0.4 is 0 Å². The topological polar surface area (TPSA) is 87.6 Å². The lowest BCUT2D eigenvalue weighted by atomic mass is 9.99. The maximum absolute atomic E-state index is 11.6. The van der Waals surface area contributed by atoms with E-state index in [0.717, 1.165) is 29.7 Å². The number of carboxylic acid groups (broad SMARTS) is 1. The Balaban J connectivity index is 1.66. The van der Waals surface area contributed by atoms with Crippen molar-refractivity contribution < 1.29 is 18.3 Å². The van der Waals surface area contributed by atoms with Crippen LogP contribution in [0.2, 0.25) is 0 Å². The minimum atomic E-state index is -3.10. The van der Waals surface area contributed by atoms with Crippen molar-refractivity contribution in [1.29, 1.82) is 0 Å². The van der Waals surface area contributed by atoms with Gasteiger partial charge in [0.1, 0.15) is 0 Å². The highest BCUT2D eigenvalue weighted by molar-refractivity contribution is 7.88. The van der Waals surface area contributed by atoms with Gasteiger partial charge in [-0.25, -0.2) is 17.5 Å². The minimum absolute atomic E-state index is 0.247. The molecule has 7 heteroatoms. The van der Waals surface area contributed by atoms with Crippen LogP contribution >= 0.6 is 0 Å². The predicted molar refractivity (Wildman–Crippen MR) is 94.9 cm³/mol. The van der Waals surface area contributed by atoms with E-state index in [9.17, 15) is 13.2 Å². The molecule has 2 heterocycles. The molecule has 0 radical (unpaired) electrons. The Labute approximate surface area is 147 Å². The molecule has 1 atom stereocenters. The number of aromatic nitrogens is 1. The normalized spacial score (nSPS) is 18.4. The Bertz CT molecular complexity index is 861. The van der Waals surface area contributed by atoms with Crippen LogP contribution in [-0.4, -0.2) is 48.1 Å². The Morgan fingerprint density at radius 3 is 2.48 bits per heavy atom. The summed E-state index contributed by atoms with van der Waals surface area (Å²) in [4.78, 5) is 15.3. The number of benzene rings is 1. The van der Waals surface area contributed by atoms with E-state index >= 15 is 0 Å². The molecule has 0 aliphatic carbocycles. The summed E-state index contributed by atoms with van der Waals surface area (Å²) in [6, 6.07) is 10.5. The Morgan fingerprint density at radius 2 is 1.96 bits per heavy atom. The van der Waals surface area contributed by atoms with Gasteiger partial charge in [-0.1, -0.05) is 18.2 Å². The van der Waals surface area contributed by atoms with Crippen LogP contribution in [0.15, 0.2) is 42.6 Å². The third-order valence-corrected chi connectivity index (χ3v) is 5.76. The summed E-state index contributed by atoms with van der Waals surface area (Å²) < 4.78 is 24.7. The number of nitrogens with zero attached hydrogens (tertiary/aromatic N) is 2. The average molecular weight is 360 g/mol. The number of sulfonamides is 1. The van der Waals surface area contributed by atoms with Gasteiger partial charge in [-0.2, -0.15) is 0 Å². The second-order valence-electron chi connectivity index (χ2n) is 6.41. The maximum atomic E-state index is 11.6. The molecule has 1 aliphatic rings. The van der Waals surface area contributed by atoms with Gasteiger partial charge < -0.3 is 5.11 Å². The first-order valence-electron chi connectivity index (χ1n) is 8.07. The second-order valence-corrected chi connectivity index (χ2v) is 8.40. The molecule has 6 nitrogen and oxygen atoms in total. The molecular weight excluding hydrogens is 340 g/mol. The molecule has 0 amide bonds. The number of carbonyl (C=O) groups is 1. The van der Waals surface area contributed by atoms with E-state index in [1.54, 1.807) is 24.3 Å². The maximum Gasteiger partial charge on any atom is 0.335 e. The van der Waals surface area contributed by atoms with E-state index < -0.39 is 16.0 Å². The monoisotopic (exact) mass is 360 g/mol. The fourth-order valence-electron chi connectivity index (χ4n) is 3.10. The minimum Gasteiger partial charge on any atom is -0.478 e. The Kier molecular flexibility index (Phi) is 4.87. The highest BCUT2D eigenvalue weighted by Gasteiger charge is 2.28. The quantitative estimate of drug-likeness (QED) is 0.884. The average Bonchev–Trinajstić information content (AvgIpc) is 3.04. The van der Waals surface area contributed by atoms with E-state index in [0.29, 0.717) is 19.0 Å². The summed E-state index contributed by atoms with van der Waals surface area (Å²) in [5, 5.41) is 8.93. The predicted octanol–water partition coefficient (Wildman–Crippen LogP) is 2.27. The van der Waals surface area contributed by atoms with Crippen LogP contribution in [0.3, 0.4) is 0 Å². The van der Waals surface area contributed by atoms with Crippen molar-refractivity contribution in [3.8, 4) is 11.3 Å². The lowest BCUT2D eigenvalue weighted by Crippen LogP contribution is -2.27. The zero-order chi connectivity index (χ0) is 18.0. The number of carboxylic acids is 1. The Morgan fingerprint density at radius 1 is 1.24 bits per heavy atom. The summed E-state index contributed by atoms with van der Waals surface area (Å²) >= 11 is 0. The van der Waals surface area contributed by atoms with Gasteiger partial charge in [-0.3, -0.25) is 4.98 Å². The van der Waals surface area contributed by atoms with Gasteiger partial charge in [-0.15, -0.1) is 0 Å². The number of rotatable bonds is 5.